The van der Waals surface area contributed by atoms with E-state index >= 15 is 0 Å². The maximum atomic E-state index is 12.2. The van der Waals surface area contributed by atoms with Gasteiger partial charge in [-0.15, -0.1) is 0 Å². The van der Waals surface area contributed by atoms with E-state index < -0.39 is 5.41 Å². The Balaban J connectivity index is 1.51. The largest absolute Gasteiger partial charge is 0.351 e. The number of carbonyl (C=O) groups excluding carboxylic acids is 1. The highest BCUT2D eigenvalue weighted by Crippen LogP contribution is 2.46. The molecule has 0 bridgehead atoms. The zero-order valence-electron chi connectivity index (χ0n) is 13.5. The Bertz CT molecular complexity index is 816. The van der Waals surface area contributed by atoms with Gasteiger partial charge < -0.3 is 10.6 Å². The van der Waals surface area contributed by atoms with Crippen LogP contribution in [-0.2, 0) is 10.2 Å². The zero-order valence-corrected chi connectivity index (χ0v) is 14.3. The second-order valence-corrected chi connectivity index (χ2v) is 7.30. The lowest BCUT2D eigenvalue weighted by Gasteiger charge is -2.38. The van der Waals surface area contributed by atoms with Crippen molar-refractivity contribution in [1.29, 1.82) is 0 Å². The standard InChI is InChI=1S/C17H18ClN5O/c1-17(2)13-11(3-5-19-14(13)23-15(17)24)9-7-10(8-9)21-16-20-6-4-12(18)22-16/h3-6,9-10H,7-8H2,1-2H3,(H,19,23,24)(H,20,21,22). The minimum absolute atomic E-state index is 0.0128. The molecule has 7 heteroatoms. The lowest BCUT2D eigenvalue weighted by atomic mass is 9.71. The number of rotatable bonds is 3. The fourth-order valence-corrected chi connectivity index (χ4v) is 3.66. The Morgan fingerprint density at radius 1 is 1.25 bits per heavy atom. The van der Waals surface area contributed by atoms with Crippen LogP contribution in [0.1, 0.15) is 43.7 Å². The topological polar surface area (TPSA) is 79.8 Å². The molecule has 1 amide bonds. The Morgan fingerprint density at radius 3 is 2.75 bits per heavy atom. The van der Waals surface area contributed by atoms with Gasteiger partial charge in [0.1, 0.15) is 11.0 Å². The van der Waals surface area contributed by atoms with Crippen molar-refractivity contribution >= 4 is 29.3 Å². The molecule has 2 aromatic heterocycles. The van der Waals surface area contributed by atoms with Gasteiger partial charge in [0.25, 0.3) is 0 Å². The second-order valence-electron chi connectivity index (χ2n) is 6.92. The van der Waals surface area contributed by atoms with Crippen LogP contribution in [0, 0.1) is 0 Å². The minimum atomic E-state index is -0.534. The lowest BCUT2D eigenvalue weighted by Crippen LogP contribution is -2.36. The van der Waals surface area contributed by atoms with Crippen molar-refractivity contribution in [1.82, 2.24) is 15.0 Å². The highest BCUT2D eigenvalue weighted by atomic mass is 35.5. The minimum Gasteiger partial charge on any atom is -0.351 e. The van der Waals surface area contributed by atoms with E-state index in [1.807, 2.05) is 19.9 Å². The van der Waals surface area contributed by atoms with Gasteiger partial charge >= 0.3 is 0 Å². The number of nitrogens with one attached hydrogen (secondary N) is 2. The average Bonchev–Trinajstić information content (AvgIpc) is 2.73. The van der Waals surface area contributed by atoms with E-state index in [9.17, 15) is 4.79 Å². The molecule has 124 valence electrons. The van der Waals surface area contributed by atoms with E-state index in [2.05, 4.69) is 25.6 Å². The summed E-state index contributed by atoms with van der Waals surface area (Å²) in [5, 5.41) is 6.63. The molecule has 2 N–H and O–H groups in total. The predicted molar refractivity (Wildman–Crippen MR) is 92.3 cm³/mol. The lowest BCUT2D eigenvalue weighted by molar-refractivity contribution is -0.119. The van der Waals surface area contributed by atoms with Gasteiger partial charge in [-0.25, -0.2) is 15.0 Å². The Morgan fingerprint density at radius 2 is 2.00 bits per heavy atom. The molecule has 1 aliphatic heterocycles. The van der Waals surface area contributed by atoms with Crippen LogP contribution in [0.15, 0.2) is 24.5 Å². The molecule has 1 saturated carbocycles. The monoisotopic (exact) mass is 343 g/mol. The highest BCUT2D eigenvalue weighted by Gasteiger charge is 2.44. The molecule has 0 saturated heterocycles. The third-order valence-electron chi connectivity index (χ3n) is 4.94. The number of carbonyl (C=O) groups is 1. The second kappa shape index (κ2) is 5.41. The van der Waals surface area contributed by atoms with Crippen molar-refractivity contribution < 1.29 is 4.79 Å². The Kier molecular flexibility index (Phi) is 3.46. The van der Waals surface area contributed by atoms with Gasteiger partial charge in [0.2, 0.25) is 11.9 Å². The van der Waals surface area contributed by atoms with E-state index in [1.54, 1.807) is 18.5 Å². The van der Waals surface area contributed by atoms with Crippen LogP contribution < -0.4 is 10.6 Å². The summed E-state index contributed by atoms with van der Waals surface area (Å²) in [7, 11) is 0. The number of halogens is 1. The first-order valence-electron chi connectivity index (χ1n) is 8.01. The number of amides is 1. The van der Waals surface area contributed by atoms with Crippen LogP contribution in [0.4, 0.5) is 11.8 Å². The van der Waals surface area contributed by atoms with Crippen LogP contribution in [0.2, 0.25) is 5.15 Å². The number of hydrogen-bond donors (Lipinski definition) is 2. The number of pyridine rings is 1. The molecule has 6 nitrogen and oxygen atoms in total. The summed E-state index contributed by atoms with van der Waals surface area (Å²) in [6, 6.07) is 4.01. The number of anilines is 2. The molecule has 0 unspecified atom stereocenters. The van der Waals surface area contributed by atoms with Crippen LogP contribution in [0.3, 0.4) is 0 Å². The first-order chi connectivity index (χ1) is 11.4. The number of fused-ring (bicyclic) bond motifs is 1. The Hall–Kier alpha value is -2.21. The van der Waals surface area contributed by atoms with E-state index in [4.69, 9.17) is 11.6 Å². The van der Waals surface area contributed by atoms with Gasteiger partial charge in [-0.05, 0) is 50.3 Å². The first-order valence-corrected chi connectivity index (χ1v) is 8.39. The van der Waals surface area contributed by atoms with E-state index in [0.29, 0.717) is 28.9 Å². The van der Waals surface area contributed by atoms with Crippen LogP contribution >= 0.6 is 11.6 Å². The summed E-state index contributed by atoms with van der Waals surface area (Å²) in [6.07, 6.45) is 5.35. The Labute approximate surface area is 145 Å². The first kappa shape index (κ1) is 15.3. The molecule has 0 spiro atoms. The van der Waals surface area contributed by atoms with Crippen molar-refractivity contribution in [2.45, 2.75) is 44.1 Å². The van der Waals surface area contributed by atoms with Crippen molar-refractivity contribution in [2.24, 2.45) is 0 Å². The molecule has 2 aromatic rings. The third kappa shape index (κ3) is 2.41. The zero-order chi connectivity index (χ0) is 16.9. The van der Waals surface area contributed by atoms with Gasteiger partial charge in [-0.2, -0.15) is 0 Å². The van der Waals surface area contributed by atoms with Crippen molar-refractivity contribution in [3.8, 4) is 0 Å². The summed E-state index contributed by atoms with van der Waals surface area (Å²) in [6.45, 7) is 3.90. The maximum Gasteiger partial charge on any atom is 0.235 e. The van der Waals surface area contributed by atoms with E-state index in [0.717, 1.165) is 18.4 Å². The predicted octanol–water partition coefficient (Wildman–Crippen LogP) is 3.11. The van der Waals surface area contributed by atoms with Crippen molar-refractivity contribution in [3.63, 3.8) is 0 Å². The number of hydrogen-bond acceptors (Lipinski definition) is 5. The molecule has 1 aliphatic carbocycles. The van der Waals surface area contributed by atoms with E-state index in [1.165, 1.54) is 5.56 Å². The summed E-state index contributed by atoms with van der Waals surface area (Å²) in [5.74, 6) is 1.68. The average molecular weight is 344 g/mol. The van der Waals surface area contributed by atoms with Crippen LogP contribution in [-0.4, -0.2) is 26.9 Å². The van der Waals surface area contributed by atoms with Gasteiger partial charge in [0.15, 0.2) is 0 Å². The quantitative estimate of drug-likeness (QED) is 0.837. The number of aromatic nitrogens is 3. The summed E-state index contributed by atoms with van der Waals surface area (Å²) < 4.78 is 0. The molecule has 0 aromatic carbocycles. The van der Waals surface area contributed by atoms with Gasteiger partial charge in [-0.1, -0.05) is 11.6 Å². The molecule has 4 rings (SSSR count). The van der Waals surface area contributed by atoms with E-state index in [-0.39, 0.29) is 5.91 Å². The molecule has 1 fully saturated rings. The van der Waals surface area contributed by atoms with Gasteiger partial charge in [-0.3, -0.25) is 4.79 Å². The fraction of sp³-hybridized carbons (Fsp3) is 0.412. The molecule has 2 aliphatic rings. The summed E-state index contributed by atoms with van der Waals surface area (Å²) in [4.78, 5) is 24.8. The maximum absolute atomic E-state index is 12.2. The normalized spacial score (nSPS) is 24.0. The highest BCUT2D eigenvalue weighted by molar-refractivity contribution is 6.29. The summed E-state index contributed by atoms with van der Waals surface area (Å²) >= 11 is 5.89. The molecule has 24 heavy (non-hydrogen) atoms. The number of nitrogens with zero attached hydrogens (tertiary/aromatic N) is 3. The SMILES string of the molecule is CC1(C)C(=O)Nc2nccc(C3CC(Nc4nccc(Cl)n4)C3)c21. The van der Waals surface area contributed by atoms with Crippen LogP contribution in [0.25, 0.3) is 0 Å². The fourth-order valence-electron chi connectivity index (χ4n) is 3.52. The molecular weight excluding hydrogens is 326 g/mol. The third-order valence-corrected chi connectivity index (χ3v) is 5.15. The molecule has 3 heterocycles. The smallest absolute Gasteiger partial charge is 0.235 e. The molecule has 0 radical (unpaired) electrons. The summed E-state index contributed by atoms with van der Waals surface area (Å²) in [5.41, 5.74) is 1.72. The van der Waals surface area contributed by atoms with Gasteiger partial charge in [0, 0.05) is 24.0 Å². The van der Waals surface area contributed by atoms with Crippen LogP contribution in [0.5, 0.6) is 0 Å². The van der Waals surface area contributed by atoms with Crippen molar-refractivity contribution in [2.75, 3.05) is 10.6 Å². The van der Waals surface area contributed by atoms with Crippen molar-refractivity contribution in [3.05, 3.63) is 40.8 Å². The molecular formula is C17H18ClN5O. The van der Waals surface area contributed by atoms with Gasteiger partial charge in [0.05, 0.1) is 5.41 Å². The molecule has 0 atom stereocenters.